The number of ether oxygens (including phenoxy) is 1. The van der Waals surface area contributed by atoms with E-state index < -0.39 is 0 Å². The Balaban J connectivity index is 1.50. The number of hydrogen-bond donors (Lipinski definition) is 1. The Hall–Kier alpha value is -2.41. The van der Waals surface area contributed by atoms with Gasteiger partial charge in [-0.25, -0.2) is 4.39 Å². The van der Waals surface area contributed by atoms with Crippen molar-refractivity contribution in [2.75, 3.05) is 37.7 Å². The van der Waals surface area contributed by atoms with Gasteiger partial charge in [0.15, 0.2) is 0 Å². The van der Waals surface area contributed by atoms with Crippen LogP contribution >= 0.6 is 0 Å². The molecule has 1 amide bonds. The molecule has 2 heterocycles. The summed E-state index contributed by atoms with van der Waals surface area (Å²) in [5, 5.41) is 7.02. The van der Waals surface area contributed by atoms with Gasteiger partial charge in [0.2, 0.25) is 0 Å². The molecule has 1 fully saturated rings. The molecule has 1 aromatic heterocycles. The molecule has 7 heteroatoms. The minimum atomic E-state index is -0.374. The van der Waals surface area contributed by atoms with Crippen LogP contribution in [-0.2, 0) is 11.3 Å². The normalized spacial score (nSPS) is 14.6. The summed E-state index contributed by atoms with van der Waals surface area (Å²) in [6, 6.07) is 4.64. The van der Waals surface area contributed by atoms with E-state index in [2.05, 4.69) is 10.4 Å². The summed E-state index contributed by atoms with van der Waals surface area (Å²) in [7, 11) is 0. The standard InChI is InChI=1S/C18H23FN4O2/c1-14-12-21-23(13-14)6-2-5-20-18(24)15-3-4-17(16(19)11-15)22-7-9-25-10-8-22/h3-4,11-13H,2,5-10H2,1H3,(H,20,24). The Morgan fingerprint density at radius 2 is 2.16 bits per heavy atom. The lowest BCUT2D eigenvalue weighted by Gasteiger charge is -2.29. The second-order valence-corrected chi connectivity index (χ2v) is 6.16. The van der Waals surface area contributed by atoms with Crippen molar-refractivity contribution in [1.82, 2.24) is 15.1 Å². The zero-order chi connectivity index (χ0) is 17.6. The molecule has 1 aliphatic rings. The van der Waals surface area contributed by atoms with Crippen LogP contribution in [0, 0.1) is 12.7 Å². The smallest absolute Gasteiger partial charge is 0.251 e. The predicted octanol–water partition coefficient (Wildman–Crippen LogP) is 1.99. The van der Waals surface area contributed by atoms with Crippen LogP contribution in [0.3, 0.4) is 0 Å². The Labute approximate surface area is 146 Å². The Morgan fingerprint density at radius 1 is 1.36 bits per heavy atom. The second-order valence-electron chi connectivity index (χ2n) is 6.16. The Kier molecular flexibility index (Phi) is 5.65. The molecule has 0 bridgehead atoms. The van der Waals surface area contributed by atoms with Crippen LogP contribution in [0.1, 0.15) is 22.3 Å². The first-order valence-electron chi connectivity index (χ1n) is 8.53. The van der Waals surface area contributed by atoms with Crippen LogP contribution in [0.2, 0.25) is 0 Å². The van der Waals surface area contributed by atoms with Crippen LogP contribution in [-0.4, -0.2) is 48.5 Å². The van der Waals surface area contributed by atoms with Gasteiger partial charge >= 0.3 is 0 Å². The number of hydrogen-bond acceptors (Lipinski definition) is 4. The molecule has 1 saturated heterocycles. The lowest BCUT2D eigenvalue weighted by atomic mass is 10.1. The summed E-state index contributed by atoms with van der Waals surface area (Å²) in [6.45, 7) is 5.75. The molecule has 1 aliphatic heterocycles. The molecule has 0 saturated carbocycles. The summed E-state index contributed by atoms with van der Waals surface area (Å²) < 4.78 is 21.5. The summed E-state index contributed by atoms with van der Waals surface area (Å²) in [5.74, 6) is -0.634. The fourth-order valence-corrected chi connectivity index (χ4v) is 2.84. The predicted molar refractivity (Wildman–Crippen MR) is 93.3 cm³/mol. The van der Waals surface area contributed by atoms with E-state index >= 15 is 0 Å². The van der Waals surface area contributed by atoms with Gasteiger partial charge in [-0.1, -0.05) is 0 Å². The van der Waals surface area contributed by atoms with Gasteiger partial charge in [0.05, 0.1) is 25.1 Å². The molecule has 1 aromatic carbocycles. The number of rotatable bonds is 6. The van der Waals surface area contributed by atoms with Crippen molar-refractivity contribution in [3.63, 3.8) is 0 Å². The fraction of sp³-hybridized carbons (Fsp3) is 0.444. The van der Waals surface area contributed by atoms with Gasteiger partial charge in [-0.3, -0.25) is 9.48 Å². The number of anilines is 1. The molecule has 0 atom stereocenters. The van der Waals surface area contributed by atoms with E-state index in [1.54, 1.807) is 18.3 Å². The zero-order valence-corrected chi connectivity index (χ0v) is 14.4. The molecule has 25 heavy (non-hydrogen) atoms. The third-order valence-corrected chi connectivity index (χ3v) is 4.17. The van der Waals surface area contributed by atoms with E-state index in [1.807, 2.05) is 22.7 Å². The number of carbonyl (C=O) groups is 1. The van der Waals surface area contributed by atoms with E-state index in [4.69, 9.17) is 4.74 Å². The lowest BCUT2D eigenvalue weighted by Crippen LogP contribution is -2.36. The van der Waals surface area contributed by atoms with Crippen LogP contribution in [0.15, 0.2) is 30.6 Å². The maximum atomic E-state index is 14.3. The van der Waals surface area contributed by atoms with Crippen molar-refractivity contribution in [2.24, 2.45) is 0 Å². The Morgan fingerprint density at radius 3 is 2.84 bits per heavy atom. The SMILES string of the molecule is Cc1cnn(CCCNC(=O)c2ccc(N3CCOCC3)c(F)c2)c1. The number of carbonyl (C=O) groups excluding carboxylic acids is 1. The van der Waals surface area contributed by atoms with Gasteiger partial charge in [-0.05, 0) is 37.1 Å². The fourth-order valence-electron chi connectivity index (χ4n) is 2.84. The maximum Gasteiger partial charge on any atom is 0.251 e. The van der Waals surface area contributed by atoms with Gasteiger partial charge in [-0.2, -0.15) is 5.10 Å². The van der Waals surface area contributed by atoms with E-state index in [0.717, 1.165) is 18.5 Å². The largest absolute Gasteiger partial charge is 0.378 e. The Bertz CT molecular complexity index is 726. The third-order valence-electron chi connectivity index (χ3n) is 4.17. The monoisotopic (exact) mass is 346 g/mol. The van der Waals surface area contributed by atoms with Crippen LogP contribution < -0.4 is 10.2 Å². The first-order chi connectivity index (χ1) is 12.1. The highest BCUT2D eigenvalue weighted by atomic mass is 19.1. The molecule has 0 radical (unpaired) electrons. The van der Waals surface area contributed by atoms with Gasteiger partial charge in [0.25, 0.3) is 5.91 Å². The number of nitrogens with one attached hydrogen (secondary N) is 1. The molecule has 6 nitrogen and oxygen atoms in total. The molecule has 3 rings (SSSR count). The number of aromatic nitrogens is 2. The van der Waals surface area contributed by atoms with Crippen molar-refractivity contribution in [3.05, 3.63) is 47.5 Å². The summed E-state index contributed by atoms with van der Waals surface area (Å²) >= 11 is 0. The van der Waals surface area contributed by atoms with Gasteiger partial charge in [0.1, 0.15) is 5.82 Å². The number of aryl methyl sites for hydroxylation is 2. The zero-order valence-electron chi connectivity index (χ0n) is 14.4. The van der Waals surface area contributed by atoms with Crippen molar-refractivity contribution < 1.29 is 13.9 Å². The van der Waals surface area contributed by atoms with Crippen molar-refractivity contribution in [2.45, 2.75) is 19.9 Å². The molecular formula is C18H23FN4O2. The highest BCUT2D eigenvalue weighted by Crippen LogP contribution is 2.21. The lowest BCUT2D eigenvalue weighted by molar-refractivity contribution is 0.0952. The first-order valence-corrected chi connectivity index (χ1v) is 8.53. The summed E-state index contributed by atoms with van der Waals surface area (Å²) in [6.07, 6.45) is 4.53. The molecule has 0 unspecified atom stereocenters. The highest BCUT2D eigenvalue weighted by molar-refractivity contribution is 5.94. The number of amides is 1. The highest BCUT2D eigenvalue weighted by Gasteiger charge is 2.16. The third kappa shape index (κ3) is 4.57. The van der Waals surface area contributed by atoms with Crippen LogP contribution in [0.5, 0.6) is 0 Å². The van der Waals surface area contributed by atoms with Crippen molar-refractivity contribution in [1.29, 1.82) is 0 Å². The maximum absolute atomic E-state index is 14.3. The van der Waals surface area contributed by atoms with Crippen molar-refractivity contribution in [3.8, 4) is 0 Å². The van der Waals surface area contributed by atoms with E-state index in [-0.39, 0.29) is 11.7 Å². The molecule has 1 N–H and O–H groups in total. The van der Waals surface area contributed by atoms with Crippen LogP contribution in [0.4, 0.5) is 10.1 Å². The van der Waals surface area contributed by atoms with Gasteiger partial charge in [0, 0.05) is 37.9 Å². The minimum Gasteiger partial charge on any atom is -0.378 e. The van der Waals surface area contributed by atoms with Crippen molar-refractivity contribution >= 4 is 11.6 Å². The van der Waals surface area contributed by atoms with Crippen LogP contribution in [0.25, 0.3) is 0 Å². The van der Waals surface area contributed by atoms with E-state index in [0.29, 0.717) is 44.1 Å². The van der Waals surface area contributed by atoms with E-state index in [9.17, 15) is 9.18 Å². The average Bonchev–Trinajstić information content (AvgIpc) is 3.04. The van der Waals surface area contributed by atoms with Gasteiger partial charge < -0.3 is 15.0 Å². The second kappa shape index (κ2) is 8.11. The molecule has 2 aromatic rings. The minimum absolute atomic E-state index is 0.260. The summed E-state index contributed by atoms with van der Waals surface area (Å²) in [4.78, 5) is 14.1. The first kappa shape index (κ1) is 17.4. The number of halogens is 1. The summed E-state index contributed by atoms with van der Waals surface area (Å²) in [5.41, 5.74) is 1.97. The number of benzene rings is 1. The molecule has 0 spiro atoms. The van der Waals surface area contributed by atoms with E-state index in [1.165, 1.54) is 6.07 Å². The number of morpholine rings is 1. The topological polar surface area (TPSA) is 59.4 Å². The molecular weight excluding hydrogens is 323 g/mol. The quantitative estimate of drug-likeness (QED) is 0.813. The molecule has 134 valence electrons. The molecule has 0 aliphatic carbocycles. The number of nitrogens with zero attached hydrogens (tertiary/aromatic N) is 3. The average molecular weight is 346 g/mol. The van der Waals surface area contributed by atoms with Gasteiger partial charge in [-0.15, -0.1) is 0 Å².